The number of carboxylic acid groups (broad SMARTS) is 1. The molecule has 2 aromatic heterocycles. The molecular formula is C15H11ClN2O3. The standard InChI is InChI=1S/C15H11ClN2O3/c16-11-4-5-14-17-12(8-18(14)7-11)9-21-13-3-1-2-10(6-13)15(19)20/h1-8H,9H2,(H,19,20). The molecule has 0 radical (unpaired) electrons. The number of benzene rings is 1. The van der Waals surface area contributed by atoms with Crippen molar-refractivity contribution in [3.63, 3.8) is 0 Å². The van der Waals surface area contributed by atoms with E-state index in [9.17, 15) is 4.79 Å². The summed E-state index contributed by atoms with van der Waals surface area (Å²) in [7, 11) is 0. The van der Waals surface area contributed by atoms with Crippen LogP contribution in [-0.2, 0) is 6.61 Å². The maximum absolute atomic E-state index is 10.9. The number of carboxylic acids is 1. The lowest BCUT2D eigenvalue weighted by molar-refractivity contribution is 0.0696. The predicted molar refractivity (Wildman–Crippen MR) is 77.9 cm³/mol. The molecule has 0 aliphatic rings. The smallest absolute Gasteiger partial charge is 0.335 e. The SMILES string of the molecule is O=C(O)c1cccc(OCc2cn3cc(Cl)ccc3n2)c1. The van der Waals surface area contributed by atoms with E-state index in [4.69, 9.17) is 21.4 Å². The molecule has 106 valence electrons. The van der Waals surface area contributed by atoms with E-state index in [1.807, 2.05) is 16.7 Å². The van der Waals surface area contributed by atoms with E-state index in [1.54, 1.807) is 24.4 Å². The van der Waals surface area contributed by atoms with Gasteiger partial charge in [0.05, 0.1) is 16.3 Å². The number of rotatable bonds is 4. The number of aromatic nitrogens is 2. The summed E-state index contributed by atoms with van der Waals surface area (Å²) >= 11 is 5.91. The Morgan fingerprint density at radius 1 is 1.29 bits per heavy atom. The average Bonchev–Trinajstić information content (AvgIpc) is 2.87. The second kappa shape index (κ2) is 5.46. The summed E-state index contributed by atoms with van der Waals surface area (Å²) in [5.74, 6) is -0.493. The summed E-state index contributed by atoms with van der Waals surface area (Å²) in [5.41, 5.74) is 1.70. The van der Waals surface area contributed by atoms with Gasteiger partial charge >= 0.3 is 5.97 Å². The number of hydrogen-bond acceptors (Lipinski definition) is 3. The molecule has 3 rings (SSSR count). The van der Waals surface area contributed by atoms with Gasteiger partial charge in [-0.3, -0.25) is 0 Å². The van der Waals surface area contributed by atoms with Crippen LogP contribution < -0.4 is 4.74 Å². The number of pyridine rings is 1. The minimum atomic E-state index is -0.983. The van der Waals surface area contributed by atoms with Gasteiger partial charge in [-0.15, -0.1) is 0 Å². The van der Waals surface area contributed by atoms with Crippen molar-refractivity contribution < 1.29 is 14.6 Å². The topological polar surface area (TPSA) is 63.8 Å². The minimum Gasteiger partial charge on any atom is -0.487 e. The van der Waals surface area contributed by atoms with Crippen LogP contribution in [0.15, 0.2) is 48.8 Å². The number of fused-ring (bicyclic) bond motifs is 1. The van der Waals surface area contributed by atoms with Crippen molar-refractivity contribution >= 4 is 23.2 Å². The summed E-state index contributed by atoms with van der Waals surface area (Å²) in [6.45, 7) is 0.252. The molecule has 0 fully saturated rings. The second-order valence-electron chi connectivity index (χ2n) is 4.47. The summed E-state index contributed by atoms with van der Waals surface area (Å²) in [6, 6.07) is 9.93. The van der Waals surface area contributed by atoms with Crippen LogP contribution in [0.3, 0.4) is 0 Å². The van der Waals surface area contributed by atoms with E-state index in [-0.39, 0.29) is 12.2 Å². The maximum Gasteiger partial charge on any atom is 0.335 e. The molecule has 0 amide bonds. The van der Waals surface area contributed by atoms with Gasteiger partial charge in [-0.25, -0.2) is 9.78 Å². The summed E-state index contributed by atoms with van der Waals surface area (Å²) in [5, 5.41) is 9.56. The average molecular weight is 303 g/mol. The van der Waals surface area contributed by atoms with Gasteiger partial charge in [0.1, 0.15) is 18.0 Å². The molecule has 2 heterocycles. The van der Waals surface area contributed by atoms with Crippen LogP contribution >= 0.6 is 11.6 Å². The molecule has 0 unspecified atom stereocenters. The van der Waals surface area contributed by atoms with Crippen molar-refractivity contribution in [2.24, 2.45) is 0 Å². The molecule has 0 aliphatic heterocycles. The lowest BCUT2D eigenvalue weighted by Gasteiger charge is -2.04. The fraction of sp³-hybridized carbons (Fsp3) is 0.0667. The highest BCUT2D eigenvalue weighted by molar-refractivity contribution is 6.30. The molecule has 0 atom stereocenters. The largest absolute Gasteiger partial charge is 0.487 e. The Morgan fingerprint density at radius 3 is 2.95 bits per heavy atom. The Labute approximate surface area is 125 Å². The lowest BCUT2D eigenvalue weighted by Crippen LogP contribution is -1.99. The zero-order valence-corrected chi connectivity index (χ0v) is 11.6. The first kappa shape index (κ1) is 13.5. The molecule has 0 saturated heterocycles. The molecule has 1 aromatic carbocycles. The highest BCUT2D eigenvalue weighted by atomic mass is 35.5. The zero-order chi connectivity index (χ0) is 14.8. The van der Waals surface area contributed by atoms with E-state index < -0.39 is 5.97 Å². The van der Waals surface area contributed by atoms with Gasteiger partial charge in [0.2, 0.25) is 0 Å². The van der Waals surface area contributed by atoms with Gasteiger partial charge in [0.15, 0.2) is 0 Å². The third-order valence-corrected chi connectivity index (χ3v) is 3.16. The van der Waals surface area contributed by atoms with Crippen LogP contribution in [0.25, 0.3) is 5.65 Å². The van der Waals surface area contributed by atoms with Gasteiger partial charge in [0, 0.05) is 12.4 Å². The Hall–Kier alpha value is -2.53. The van der Waals surface area contributed by atoms with Gasteiger partial charge < -0.3 is 14.2 Å². The minimum absolute atomic E-state index is 0.189. The number of hydrogen-bond donors (Lipinski definition) is 1. The number of imidazole rings is 1. The number of halogens is 1. The Morgan fingerprint density at radius 2 is 2.14 bits per heavy atom. The molecule has 3 aromatic rings. The Balaban J connectivity index is 1.77. The van der Waals surface area contributed by atoms with Crippen LogP contribution in [0.4, 0.5) is 0 Å². The van der Waals surface area contributed by atoms with Crippen molar-refractivity contribution in [2.45, 2.75) is 6.61 Å². The number of aromatic carboxylic acids is 1. The van der Waals surface area contributed by atoms with Crippen molar-refractivity contribution in [2.75, 3.05) is 0 Å². The Kier molecular flexibility index (Phi) is 3.50. The van der Waals surface area contributed by atoms with Gasteiger partial charge in [-0.2, -0.15) is 0 Å². The maximum atomic E-state index is 10.9. The highest BCUT2D eigenvalue weighted by Crippen LogP contribution is 2.16. The normalized spacial score (nSPS) is 10.7. The molecular weight excluding hydrogens is 292 g/mol. The monoisotopic (exact) mass is 302 g/mol. The number of nitrogens with zero attached hydrogens (tertiary/aromatic N) is 2. The highest BCUT2D eigenvalue weighted by Gasteiger charge is 2.06. The lowest BCUT2D eigenvalue weighted by atomic mass is 10.2. The molecule has 1 N–H and O–H groups in total. The quantitative estimate of drug-likeness (QED) is 0.803. The summed E-state index contributed by atoms with van der Waals surface area (Å²) in [4.78, 5) is 15.3. The van der Waals surface area contributed by atoms with Gasteiger partial charge in [0.25, 0.3) is 0 Å². The first-order valence-corrected chi connectivity index (χ1v) is 6.59. The number of carbonyl (C=O) groups is 1. The van der Waals surface area contributed by atoms with Gasteiger partial charge in [-0.1, -0.05) is 17.7 Å². The first-order chi connectivity index (χ1) is 10.1. The van der Waals surface area contributed by atoms with Crippen molar-refractivity contribution in [1.29, 1.82) is 0 Å². The van der Waals surface area contributed by atoms with Crippen LogP contribution in [0.5, 0.6) is 5.75 Å². The molecule has 5 nitrogen and oxygen atoms in total. The van der Waals surface area contributed by atoms with E-state index in [1.165, 1.54) is 12.1 Å². The molecule has 6 heteroatoms. The van der Waals surface area contributed by atoms with Crippen LogP contribution in [0.1, 0.15) is 16.1 Å². The Bertz CT molecular complexity index is 814. The van der Waals surface area contributed by atoms with Crippen LogP contribution in [0.2, 0.25) is 5.02 Å². The van der Waals surface area contributed by atoms with Crippen molar-refractivity contribution in [1.82, 2.24) is 9.38 Å². The van der Waals surface area contributed by atoms with E-state index in [2.05, 4.69) is 4.98 Å². The van der Waals surface area contributed by atoms with E-state index >= 15 is 0 Å². The van der Waals surface area contributed by atoms with Crippen molar-refractivity contribution in [3.05, 3.63) is 65.1 Å². The zero-order valence-electron chi connectivity index (χ0n) is 10.9. The fourth-order valence-electron chi connectivity index (χ4n) is 1.96. The van der Waals surface area contributed by atoms with Crippen LogP contribution in [0, 0.1) is 0 Å². The van der Waals surface area contributed by atoms with Crippen LogP contribution in [-0.4, -0.2) is 20.5 Å². The van der Waals surface area contributed by atoms with E-state index in [0.29, 0.717) is 10.8 Å². The molecule has 0 aliphatic carbocycles. The molecule has 0 spiro atoms. The fourth-order valence-corrected chi connectivity index (χ4v) is 2.13. The third-order valence-electron chi connectivity index (χ3n) is 2.93. The van der Waals surface area contributed by atoms with Gasteiger partial charge in [-0.05, 0) is 30.3 Å². The molecule has 0 bridgehead atoms. The molecule has 21 heavy (non-hydrogen) atoms. The first-order valence-electron chi connectivity index (χ1n) is 6.21. The number of ether oxygens (including phenoxy) is 1. The van der Waals surface area contributed by atoms with Crippen molar-refractivity contribution in [3.8, 4) is 5.75 Å². The summed E-state index contributed by atoms with van der Waals surface area (Å²) < 4.78 is 7.38. The van der Waals surface area contributed by atoms with E-state index in [0.717, 1.165) is 11.3 Å². The summed E-state index contributed by atoms with van der Waals surface area (Å²) in [6.07, 6.45) is 3.58. The second-order valence-corrected chi connectivity index (χ2v) is 4.90. The third kappa shape index (κ3) is 2.98. The predicted octanol–water partition coefficient (Wildman–Crippen LogP) is 3.26. The molecule has 0 saturated carbocycles.